The molecule has 0 saturated heterocycles. The van der Waals surface area contributed by atoms with Gasteiger partial charge in [-0.25, -0.2) is 9.50 Å². The van der Waals surface area contributed by atoms with E-state index in [9.17, 15) is 5.26 Å². The zero-order valence-corrected chi connectivity index (χ0v) is 15.7. The summed E-state index contributed by atoms with van der Waals surface area (Å²) in [5.74, 6) is 0.133. The molecular formula is C19H11Cl2N7. The fourth-order valence-electron chi connectivity index (χ4n) is 2.69. The lowest BCUT2D eigenvalue weighted by molar-refractivity contribution is 0.949. The fourth-order valence-corrected chi connectivity index (χ4v) is 2.99. The van der Waals surface area contributed by atoms with Crippen LogP contribution in [0.2, 0.25) is 10.0 Å². The van der Waals surface area contributed by atoms with Crippen molar-refractivity contribution in [3.8, 4) is 17.3 Å². The average molecular weight is 408 g/mol. The van der Waals surface area contributed by atoms with E-state index in [1.165, 1.54) is 10.7 Å². The molecule has 0 bridgehead atoms. The van der Waals surface area contributed by atoms with Crippen molar-refractivity contribution in [2.75, 3.05) is 5.73 Å². The number of nitrogens with two attached hydrogens (primary N) is 1. The van der Waals surface area contributed by atoms with Gasteiger partial charge in [0.25, 0.3) is 0 Å². The van der Waals surface area contributed by atoms with Crippen LogP contribution in [0.3, 0.4) is 0 Å². The van der Waals surface area contributed by atoms with Crippen LogP contribution < -0.4 is 5.73 Å². The van der Waals surface area contributed by atoms with Gasteiger partial charge in [-0.05, 0) is 24.3 Å². The highest BCUT2D eigenvalue weighted by atomic mass is 35.5. The Labute approximate surface area is 169 Å². The van der Waals surface area contributed by atoms with Crippen LogP contribution in [0.5, 0.6) is 0 Å². The number of hydrogen-bond donors (Lipinski definition) is 1. The van der Waals surface area contributed by atoms with Crippen LogP contribution in [0.4, 0.5) is 17.2 Å². The minimum absolute atomic E-state index is 0.133. The monoisotopic (exact) mass is 407 g/mol. The lowest BCUT2D eigenvalue weighted by Crippen LogP contribution is -2.00. The summed E-state index contributed by atoms with van der Waals surface area (Å²) in [7, 11) is 0. The molecule has 28 heavy (non-hydrogen) atoms. The lowest BCUT2D eigenvalue weighted by Gasteiger charge is -2.07. The van der Waals surface area contributed by atoms with Crippen molar-refractivity contribution in [1.82, 2.24) is 14.6 Å². The minimum Gasteiger partial charge on any atom is -0.380 e. The molecule has 4 rings (SSSR count). The summed E-state index contributed by atoms with van der Waals surface area (Å²) in [5.41, 5.74) is 8.83. The number of azo groups is 1. The summed E-state index contributed by atoms with van der Waals surface area (Å²) in [6, 6.07) is 16.2. The minimum atomic E-state index is 0.133. The van der Waals surface area contributed by atoms with Crippen LogP contribution >= 0.6 is 23.2 Å². The SMILES string of the molecule is N#Cc1cnc2c(N=Nc3ccccc3Cl)c(N)nn2c1-c1ccc(Cl)cc1. The van der Waals surface area contributed by atoms with Gasteiger partial charge in [-0.1, -0.05) is 47.5 Å². The van der Waals surface area contributed by atoms with Crippen LogP contribution in [-0.4, -0.2) is 14.6 Å². The van der Waals surface area contributed by atoms with Crippen molar-refractivity contribution < 1.29 is 0 Å². The highest BCUT2D eigenvalue weighted by Crippen LogP contribution is 2.34. The fraction of sp³-hybridized carbons (Fsp3) is 0. The summed E-state index contributed by atoms with van der Waals surface area (Å²) in [4.78, 5) is 4.30. The van der Waals surface area contributed by atoms with Crippen LogP contribution in [-0.2, 0) is 0 Å². The molecule has 0 aliphatic rings. The first-order valence-electron chi connectivity index (χ1n) is 8.08. The molecule has 2 aromatic carbocycles. The number of rotatable bonds is 3. The molecule has 4 aromatic rings. The van der Waals surface area contributed by atoms with Gasteiger partial charge in [-0.15, -0.1) is 15.3 Å². The van der Waals surface area contributed by atoms with Gasteiger partial charge in [0.05, 0.1) is 16.3 Å². The average Bonchev–Trinajstić information content (AvgIpc) is 3.02. The predicted octanol–water partition coefficient (Wildman–Crippen LogP) is 5.57. The first-order valence-corrected chi connectivity index (χ1v) is 8.83. The first kappa shape index (κ1) is 17.9. The quantitative estimate of drug-likeness (QED) is 0.447. The van der Waals surface area contributed by atoms with E-state index >= 15 is 0 Å². The molecule has 0 aliphatic carbocycles. The van der Waals surface area contributed by atoms with E-state index in [2.05, 4.69) is 26.4 Å². The Hall–Kier alpha value is -3.47. The Morgan fingerprint density at radius 2 is 1.79 bits per heavy atom. The number of nitrogen functional groups attached to an aromatic ring is 1. The standard InChI is InChI=1S/C19H11Cl2N7/c20-13-7-5-11(6-8-13)17-12(9-22)10-24-19-16(18(23)27-28(17)19)26-25-15-4-2-1-3-14(15)21/h1-8,10H,(H2,23,27). The molecule has 2 N–H and O–H groups in total. The largest absolute Gasteiger partial charge is 0.380 e. The van der Waals surface area contributed by atoms with Crippen molar-refractivity contribution in [3.63, 3.8) is 0 Å². The van der Waals surface area contributed by atoms with E-state index in [0.717, 1.165) is 5.56 Å². The number of aromatic nitrogens is 3. The van der Waals surface area contributed by atoms with Gasteiger partial charge in [0.1, 0.15) is 11.8 Å². The maximum Gasteiger partial charge on any atom is 0.185 e. The van der Waals surface area contributed by atoms with Gasteiger partial charge in [0.15, 0.2) is 17.2 Å². The second-order valence-corrected chi connectivity index (χ2v) is 6.60. The molecule has 0 atom stereocenters. The van der Waals surface area contributed by atoms with Crippen LogP contribution in [0.25, 0.3) is 16.9 Å². The number of fused-ring (bicyclic) bond motifs is 1. The van der Waals surface area contributed by atoms with Crippen LogP contribution in [0, 0.1) is 11.3 Å². The molecule has 136 valence electrons. The van der Waals surface area contributed by atoms with Gasteiger partial charge in [-0.2, -0.15) is 5.26 Å². The smallest absolute Gasteiger partial charge is 0.185 e. The van der Waals surface area contributed by atoms with E-state index in [-0.39, 0.29) is 5.82 Å². The number of nitriles is 1. The van der Waals surface area contributed by atoms with Crippen molar-refractivity contribution in [1.29, 1.82) is 5.26 Å². The Bertz CT molecular complexity index is 1250. The molecule has 0 unspecified atom stereocenters. The summed E-state index contributed by atoms with van der Waals surface area (Å²) >= 11 is 12.1. The normalized spacial score (nSPS) is 11.2. The molecule has 2 aromatic heterocycles. The molecule has 9 heteroatoms. The third-order valence-corrected chi connectivity index (χ3v) is 4.57. The van der Waals surface area contributed by atoms with Crippen molar-refractivity contribution in [2.24, 2.45) is 10.2 Å². The topological polar surface area (TPSA) is 105 Å². The first-order chi connectivity index (χ1) is 13.6. The van der Waals surface area contributed by atoms with Gasteiger partial charge in [-0.3, -0.25) is 0 Å². The Kier molecular flexibility index (Phi) is 4.65. The Balaban J connectivity index is 1.90. The molecule has 0 amide bonds. The lowest BCUT2D eigenvalue weighted by atomic mass is 10.1. The Morgan fingerprint density at radius 1 is 1.04 bits per heavy atom. The highest BCUT2D eigenvalue weighted by molar-refractivity contribution is 6.32. The van der Waals surface area contributed by atoms with E-state index in [4.69, 9.17) is 28.9 Å². The van der Waals surface area contributed by atoms with Crippen molar-refractivity contribution >= 4 is 46.0 Å². The van der Waals surface area contributed by atoms with Gasteiger partial charge < -0.3 is 5.73 Å². The number of nitrogens with zero attached hydrogens (tertiary/aromatic N) is 6. The maximum absolute atomic E-state index is 9.51. The molecule has 0 spiro atoms. The van der Waals surface area contributed by atoms with E-state index in [1.807, 2.05) is 0 Å². The summed E-state index contributed by atoms with van der Waals surface area (Å²) in [5, 5.41) is 23.2. The van der Waals surface area contributed by atoms with Gasteiger partial charge >= 0.3 is 0 Å². The van der Waals surface area contributed by atoms with E-state index < -0.39 is 0 Å². The van der Waals surface area contributed by atoms with Crippen molar-refractivity contribution in [2.45, 2.75) is 0 Å². The predicted molar refractivity (Wildman–Crippen MR) is 108 cm³/mol. The van der Waals surface area contributed by atoms with Gasteiger partial charge in [0, 0.05) is 16.8 Å². The molecule has 0 fully saturated rings. The maximum atomic E-state index is 9.51. The molecule has 0 saturated carbocycles. The van der Waals surface area contributed by atoms with E-state index in [1.54, 1.807) is 48.5 Å². The second kappa shape index (κ2) is 7.27. The number of halogens is 2. The van der Waals surface area contributed by atoms with E-state index in [0.29, 0.717) is 38.3 Å². The summed E-state index contributed by atoms with van der Waals surface area (Å²) in [6.07, 6.45) is 1.45. The second-order valence-electron chi connectivity index (χ2n) is 5.76. The van der Waals surface area contributed by atoms with Crippen molar-refractivity contribution in [3.05, 3.63) is 70.3 Å². The highest BCUT2D eigenvalue weighted by Gasteiger charge is 2.18. The zero-order chi connectivity index (χ0) is 19.7. The number of anilines is 1. The molecule has 0 radical (unpaired) electrons. The molecule has 0 aliphatic heterocycles. The van der Waals surface area contributed by atoms with Crippen LogP contribution in [0.1, 0.15) is 5.56 Å². The summed E-state index contributed by atoms with van der Waals surface area (Å²) in [6.45, 7) is 0. The molecule has 2 heterocycles. The zero-order valence-electron chi connectivity index (χ0n) is 14.2. The van der Waals surface area contributed by atoms with Crippen LogP contribution in [0.15, 0.2) is 65.0 Å². The third-order valence-electron chi connectivity index (χ3n) is 3.99. The number of benzene rings is 2. The third kappa shape index (κ3) is 3.16. The number of hydrogen-bond acceptors (Lipinski definition) is 6. The Morgan fingerprint density at radius 3 is 2.50 bits per heavy atom. The summed E-state index contributed by atoms with van der Waals surface area (Å²) < 4.78 is 1.48. The molecule has 7 nitrogen and oxygen atoms in total. The van der Waals surface area contributed by atoms with Gasteiger partial charge in [0.2, 0.25) is 0 Å². The molecular weight excluding hydrogens is 397 g/mol.